The molecule has 66 valence electrons. The quantitative estimate of drug-likeness (QED) is 0.646. The number of hydrogen-bond donors (Lipinski definition) is 0. The number of halogens is 1. The fraction of sp³-hybridized carbons (Fsp3) is 0.400. The van der Waals surface area contributed by atoms with Crippen molar-refractivity contribution in [3.8, 4) is 0 Å². The second-order valence-corrected chi connectivity index (χ2v) is 4.33. The third-order valence-corrected chi connectivity index (χ3v) is 2.88. The maximum Gasteiger partial charge on any atom is 0.0451 e. The van der Waals surface area contributed by atoms with Crippen LogP contribution in [0.1, 0.15) is 25.3 Å². The number of thioether (sulfide) groups is 1. The van der Waals surface area contributed by atoms with Crippen molar-refractivity contribution in [3.05, 3.63) is 28.8 Å². The molecule has 0 saturated carbocycles. The third-order valence-electron chi connectivity index (χ3n) is 1.83. The molecule has 1 aromatic rings. The Hall–Kier alpha value is -0.140. The topological polar surface area (TPSA) is 0 Å². The summed E-state index contributed by atoms with van der Waals surface area (Å²) in [6.45, 7) is 4.31. The van der Waals surface area contributed by atoms with Crippen LogP contribution in [0.4, 0.5) is 0 Å². The predicted octanol–water partition coefficient (Wildman–Crippen LogP) is 4.19. The summed E-state index contributed by atoms with van der Waals surface area (Å²) in [5.74, 6) is 0.508. The van der Waals surface area contributed by atoms with E-state index in [-0.39, 0.29) is 0 Å². The first kappa shape index (κ1) is 9.94. The zero-order chi connectivity index (χ0) is 9.14. The van der Waals surface area contributed by atoms with Crippen molar-refractivity contribution >= 4 is 23.4 Å². The molecule has 0 fully saturated rings. The average molecular weight is 201 g/mol. The first-order valence-electron chi connectivity index (χ1n) is 3.98. The first-order valence-corrected chi connectivity index (χ1v) is 5.59. The summed E-state index contributed by atoms with van der Waals surface area (Å²) in [5.41, 5.74) is 1.23. The Kier molecular flexibility index (Phi) is 3.48. The van der Waals surface area contributed by atoms with E-state index in [1.807, 2.05) is 6.07 Å². The summed E-state index contributed by atoms with van der Waals surface area (Å²) >= 11 is 7.81. The molecule has 0 unspecified atom stereocenters. The molecule has 2 heteroatoms. The average Bonchev–Trinajstić information content (AvgIpc) is 2.03. The Bertz CT molecular complexity index is 269. The van der Waals surface area contributed by atoms with Crippen LogP contribution in [0.25, 0.3) is 0 Å². The summed E-state index contributed by atoms with van der Waals surface area (Å²) in [5, 5.41) is 0.886. The minimum atomic E-state index is 0.508. The van der Waals surface area contributed by atoms with Crippen molar-refractivity contribution in [1.29, 1.82) is 0 Å². The molecule has 12 heavy (non-hydrogen) atoms. The minimum absolute atomic E-state index is 0.508. The standard InChI is InChI=1S/C10H13ClS/c1-7(2)9-5-4-8(12-3)6-10(9)11/h4-7H,1-3H3. The summed E-state index contributed by atoms with van der Waals surface area (Å²) in [6.07, 6.45) is 2.06. The summed E-state index contributed by atoms with van der Waals surface area (Å²) in [4.78, 5) is 1.23. The number of benzene rings is 1. The molecule has 1 aromatic carbocycles. The predicted molar refractivity (Wildman–Crippen MR) is 57.3 cm³/mol. The molecule has 0 spiro atoms. The molecule has 0 nitrogen and oxygen atoms in total. The van der Waals surface area contributed by atoms with E-state index in [2.05, 4.69) is 32.2 Å². The Morgan fingerprint density at radius 3 is 2.42 bits per heavy atom. The van der Waals surface area contributed by atoms with Gasteiger partial charge in [-0.3, -0.25) is 0 Å². The second kappa shape index (κ2) is 4.20. The van der Waals surface area contributed by atoms with Crippen LogP contribution < -0.4 is 0 Å². The van der Waals surface area contributed by atoms with Gasteiger partial charge in [-0.1, -0.05) is 31.5 Å². The van der Waals surface area contributed by atoms with Crippen LogP contribution in [-0.2, 0) is 0 Å². The summed E-state index contributed by atoms with van der Waals surface area (Å²) in [7, 11) is 0. The van der Waals surface area contributed by atoms with Gasteiger partial charge in [-0.2, -0.15) is 0 Å². The van der Waals surface area contributed by atoms with Gasteiger partial charge in [0.05, 0.1) is 0 Å². The summed E-state index contributed by atoms with van der Waals surface area (Å²) < 4.78 is 0. The smallest absolute Gasteiger partial charge is 0.0451 e. The second-order valence-electron chi connectivity index (χ2n) is 3.04. The van der Waals surface area contributed by atoms with E-state index in [9.17, 15) is 0 Å². The maximum absolute atomic E-state index is 6.09. The molecule has 0 aliphatic rings. The first-order chi connectivity index (χ1) is 5.65. The lowest BCUT2D eigenvalue weighted by Crippen LogP contribution is -1.88. The van der Waals surface area contributed by atoms with Crippen molar-refractivity contribution < 1.29 is 0 Å². The van der Waals surface area contributed by atoms with Gasteiger partial charge < -0.3 is 0 Å². The monoisotopic (exact) mass is 200 g/mol. The molecule has 0 bridgehead atoms. The lowest BCUT2D eigenvalue weighted by atomic mass is 10.0. The van der Waals surface area contributed by atoms with Gasteiger partial charge in [-0.25, -0.2) is 0 Å². The van der Waals surface area contributed by atoms with E-state index in [0.29, 0.717) is 5.92 Å². The zero-order valence-corrected chi connectivity index (χ0v) is 9.17. The van der Waals surface area contributed by atoms with Gasteiger partial charge in [0.2, 0.25) is 0 Å². The van der Waals surface area contributed by atoms with Gasteiger partial charge in [-0.15, -0.1) is 11.8 Å². The highest BCUT2D eigenvalue weighted by Crippen LogP contribution is 2.28. The van der Waals surface area contributed by atoms with E-state index in [4.69, 9.17) is 11.6 Å². The van der Waals surface area contributed by atoms with Gasteiger partial charge in [0.15, 0.2) is 0 Å². The summed E-state index contributed by atoms with van der Waals surface area (Å²) in [6, 6.07) is 6.26. The van der Waals surface area contributed by atoms with Crippen molar-refractivity contribution in [2.45, 2.75) is 24.7 Å². The van der Waals surface area contributed by atoms with Gasteiger partial charge in [0.1, 0.15) is 0 Å². The Morgan fingerprint density at radius 1 is 1.33 bits per heavy atom. The molecular formula is C10H13ClS. The molecule has 0 aliphatic heterocycles. The van der Waals surface area contributed by atoms with E-state index in [1.165, 1.54) is 10.5 Å². The number of hydrogen-bond acceptors (Lipinski definition) is 1. The van der Waals surface area contributed by atoms with Crippen LogP contribution in [0.15, 0.2) is 23.1 Å². The van der Waals surface area contributed by atoms with Gasteiger partial charge in [0.25, 0.3) is 0 Å². The van der Waals surface area contributed by atoms with E-state index in [0.717, 1.165) is 5.02 Å². The Balaban J connectivity index is 3.03. The van der Waals surface area contributed by atoms with Crippen molar-refractivity contribution in [3.63, 3.8) is 0 Å². The zero-order valence-electron chi connectivity index (χ0n) is 7.60. The molecule has 0 radical (unpaired) electrons. The molecule has 0 atom stereocenters. The highest BCUT2D eigenvalue weighted by Gasteiger charge is 2.04. The molecule has 0 aliphatic carbocycles. The van der Waals surface area contributed by atoms with E-state index >= 15 is 0 Å². The van der Waals surface area contributed by atoms with Gasteiger partial charge in [0, 0.05) is 9.92 Å². The van der Waals surface area contributed by atoms with Gasteiger partial charge in [-0.05, 0) is 29.9 Å². The lowest BCUT2D eigenvalue weighted by Gasteiger charge is -2.08. The van der Waals surface area contributed by atoms with Gasteiger partial charge >= 0.3 is 0 Å². The third kappa shape index (κ3) is 2.18. The molecule has 1 rings (SSSR count). The SMILES string of the molecule is CSc1ccc(C(C)C)c(Cl)c1. The molecule has 0 aromatic heterocycles. The highest BCUT2D eigenvalue weighted by molar-refractivity contribution is 7.98. The van der Waals surface area contributed by atoms with Crippen LogP contribution in [0.5, 0.6) is 0 Å². The fourth-order valence-electron chi connectivity index (χ4n) is 1.10. The molecule has 0 N–H and O–H groups in total. The normalized spacial score (nSPS) is 10.8. The van der Waals surface area contributed by atoms with Crippen molar-refractivity contribution in [1.82, 2.24) is 0 Å². The molecule has 0 heterocycles. The lowest BCUT2D eigenvalue weighted by molar-refractivity contribution is 0.865. The largest absolute Gasteiger partial charge is 0.130 e. The van der Waals surface area contributed by atoms with Crippen LogP contribution in [0.2, 0.25) is 5.02 Å². The van der Waals surface area contributed by atoms with Crippen molar-refractivity contribution in [2.24, 2.45) is 0 Å². The van der Waals surface area contributed by atoms with Crippen LogP contribution in [0.3, 0.4) is 0 Å². The number of rotatable bonds is 2. The maximum atomic E-state index is 6.09. The van der Waals surface area contributed by atoms with Crippen LogP contribution in [-0.4, -0.2) is 6.26 Å². The molecule has 0 amide bonds. The van der Waals surface area contributed by atoms with Crippen LogP contribution in [0, 0.1) is 0 Å². The molecular weight excluding hydrogens is 188 g/mol. The Labute approximate surface area is 83.3 Å². The van der Waals surface area contributed by atoms with E-state index < -0.39 is 0 Å². The van der Waals surface area contributed by atoms with E-state index in [1.54, 1.807) is 11.8 Å². The van der Waals surface area contributed by atoms with Crippen LogP contribution >= 0.6 is 23.4 Å². The fourth-order valence-corrected chi connectivity index (χ4v) is 2.01. The Morgan fingerprint density at radius 2 is 2.00 bits per heavy atom. The minimum Gasteiger partial charge on any atom is -0.130 e. The molecule has 0 saturated heterocycles. The highest BCUT2D eigenvalue weighted by atomic mass is 35.5. The van der Waals surface area contributed by atoms with Crippen molar-refractivity contribution in [2.75, 3.05) is 6.26 Å².